The summed E-state index contributed by atoms with van der Waals surface area (Å²) < 4.78 is 22.7. The van der Waals surface area contributed by atoms with E-state index in [2.05, 4.69) is 5.32 Å². The highest BCUT2D eigenvalue weighted by Gasteiger charge is 2.36. The zero-order chi connectivity index (χ0) is 12.5. The third-order valence-electron chi connectivity index (χ3n) is 2.85. The molecule has 1 aromatic carbocycles. The summed E-state index contributed by atoms with van der Waals surface area (Å²) in [6.07, 6.45) is -0.897. The Bertz CT molecular complexity index is 500. The van der Waals surface area contributed by atoms with Crippen molar-refractivity contribution in [2.75, 3.05) is 16.8 Å². The van der Waals surface area contributed by atoms with Crippen LogP contribution in [0.15, 0.2) is 24.3 Å². The number of benzene rings is 1. The first-order chi connectivity index (χ1) is 8.02. The zero-order valence-corrected chi connectivity index (χ0v) is 10.0. The largest absolute Gasteiger partial charge is 0.392 e. The van der Waals surface area contributed by atoms with Gasteiger partial charge in [0.2, 0.25) is 0 Å². The number of anilines is 1. The van der Waals surface area contributed by atoms with Gasteiger partial charge in [0.05, 0.1) is 30.3 Å². The predicted octanol–water partition coefficient (Wildman–Crippen LogP) is -0.251. The average molecular weight is 257 g/mol. The van der Waals surface area contributed by atoms with Gasteiger partial charge in [-0.15, -0.1) is 0 Å². The lowest BCUT2D eigenvalue weighted by Gasteiger charge is -2.18. The van der Waals surface area contributed by atoms with E-state index in [9.17, 15) is 13.5 Å². The fraction of sp³-hybridized carbons (Fsp3) is 0.455. The number of hydrogen-bond acceptors (Lipinski definition) is 5. The number of aliphatic hydroxyl groups is 2. The van der Waals surface area contributed by atoms with E-state index in [1.807, 2.05) is 0 Å². The summed E-state index contributed by atoms with van der Waals surface area (Å²) in [5.41, 5.74) is 1.35. The standard InChI is InChI=1S/C11H15NO4S/c13-5-8-3-1-2-4-9(8)12-10-6-17(15,16)7-11(10)14/h1-4,10-14H,5-7H2/t10-,11-/m1/s1. The lowest BCUT2D eigenvalue weighted by molar-refractivity contribution is 0.190. The van der Waals surface area contributed by atoms with Gasteiger partial charge in [-0.05, 0) is 6.07 Å². The number of para-hydroxylation sites is 1. The monoisotopic (exact) mass is 257 g/mol. The first-order valence-electron chi connectivity index (χ1n) is 5.35. The number of aliphatic hydroxyl groups excluding tert-OH is 2. The second-order valence-corrected chi connectivity index (χ2v) is 6.36. The fourth-order valence-electron chi connectivity index (χ4n) is 1.97. The normalized spacial score (nSPS) is 26.9. The van der Waals surface area contributed by atoms with Gasteiger partial charge in [-0.3, -0.25) is 0 Å². The van der Waals surface area contributed by atoms with Gasteiger partial charge in [0.1, 0.15) is 0 Å². The summed E-state index contributed by atoms with van der Waals surface area (Å²) >= 11 is 0. The van der Waals surface area contributed by atoms with E-state index in [1.165, 1.54) is 0 Å². The molecule has 5 nitrogen and oxygen atoms in total. The fourth-order valence-corrected chi connectivity index (χ4v) is 3.71. The third-order valence-corrected chi connectivity index (χ3v) is 4.57. The van der Waals surface area contributed by atoms with Crippen molar-refractivity contribution in [3.63, 3.8) is 0 Å². The van der Waals surface area contributed by atoms with Crippen LogP contribution in [0, 0.1) is 0 Å². The maximum Gasteiger partial charge on any atom is 0.155 e. The second kappa shape index (κ2) is 4.64. The summed E-state index contributed by atoms with van der Waals surface area (Å²) in [5, 5.41) is 21.8. The Kier molecular flexibility index (Phi) is 3.37. The van der Waals surface area contributed by atoms with Crippen LogP contribution >= 0.6 is 0 Å². The Hall–Kier alpha value is -1.11. The molecule has 1 fully saturated rings. The Morgan fingerprint density at radius 1 is 1.29 bits per heavy atom. The number of hydrogen-bond donors (Lipinski definition) is 3. The second-order valence-electron chi connectivity index (χ2n) is 4.21. The highest BCUT2D eigenvalue weighted by atomic mass is 32.2. The van der Waals surface area contributed by atoms with Crippen molar-refractivity contribution in [2.45, 2.75) is 18.8 Å². The molecule has 2 atom stereocenters. The van der Waals surface area contributed by atoms with E-state index in [-0.39, 0.29) is 18.1 Å². The summed E-state index contributed by atoms with van der Waals surface area (Å²) in [5.74, 6) is -0.278. The van der Waals surface area contributed by atoms with Gasteiger partial charge in [0.15, 0.2) is 9.84 Å². The number of nitrogens with one attached hydrogen (secondary N) is 1. The minimum atomic E-state index is -3.16. The molecule has 0 spiro atoms. The van der Waals surface area contributed by atoms with Crippen molar-refractivity contribution in [1.82, 2.24) is 0 Å². The van der Waals surface area contributed by atoms with Crippen LogP contribution in [0.1, 0.15) is 5.56 Å². The zero-order valence-electron chi connectivity index (χ0n) is 9.20. The molecular formula is C11H15NO4S. The Morgan fingerprint density at radius 2 is 2.00 bits per heavy atom. The number of sulfone groups is 1. The highest BCUT2D eigenvalue weighted by Crippen LogP contribution is 2.21. The minimum Gasteiger partial charge on any atom is -0.392 e. The summed E-state index contributed by atoms with van der Waals surface area (Å²) in [6, 6.07) is 6.57. The van der Waals surface area contributed by atoms with Gasteiger partial charge in [-0.25, -0.2) is 8.42 Å². The number of rotatable bonds is 3. The Labute approximate surface area is 100 Å². The van der Waals surface area contributed by atoms with Crippen molar-refractivity contribution < 1.29 is 18.6 Å². The first-order valence-corrected chi connectivity index (χ1v) is 7.18. The van der Waals surface area contributed by atoms with Crippen LogP contribution < -0.4 is 5.32 Å². The maximum absolute atomic E-state index is 11.3. The van der Waals surface area contributed by atoms with Crippen molar-refractivity contribution in [3.05, 3.63) is 29.8 Å². The van der Waals surface area contributed by atoms with Crippen LogP contribution in [0.3, 0.4) is 0 Å². The molecule has 1 saturated heterocycles. The quantitative estimate of drug-likeness (QED) is 0.695. The molecule has 17 heavy (non-hydrogen) atoms. The molecule has 6 heteroatoms. The maximum atomic E-state index is 11.3. The van der Waals surface area contributed by atoms with Crippen LogP contribution in [0.5, 0.6) is 0 Å². The van der Waals surface area contributed by atoms with E-state index in [4.69, 9.17) is 5.11 Å². The molecule has 0 aromatic heterocycles. The van der Waals surface area contributed by atoms with Gasteiger partial charge in [-0.1, -0.05) is 18.2 Å². The highest BCUT2D eigenvalue weighted by molar-refractivity contribution is 7.91. The summed E-state index contributed by atoms with van der Waals surface area (Å²) in [7, 11) is -3.16. The van der Waals surface area contributed by atoms with E-state index in [1.54, 1.807) is 24.3 Å². The van der Waals surface area contributed by atoms with Crippen LogP contribution in [-0.2, 0) is 16.4 Å². The van der Waals surface area contributed by atoms with Crippen molar-refractivity contribution in [3.8, 4) is 0 Å². The Morgan fingerprint density at radius 3 is 2.59 bits per heavy atom. The van der Waals surface area contributed by atoms with Gasteiger partial charge < -0.3 is 15.5 Å². The SMILES string of the molecule is O=S1(=O)C[C@@H](O)[C@H](Nc2ccccc2CO)C1. The first kappa shape index (κ1) is 12.3. The van der Waals surface area contributed by atoms with E-state index >= 15 is 0 Å². The van der Waals surface area contributed by atoms with E-state index in [0.29, 0.717) is 11.3 Å². The average Bonchev–Trinajstić information content (AvgIpc) is 2.52. The molecule has 0 saturated carbocycles. The molecule has 0 radical (unpaired) electrons. The Balaban J connectivity index is 2.16. The van der Waals surface area contributed by atoms with Crippen molar-refractivity contribution >= 4 is 15.5 Å². The lowest BCUT2D eigenvalue weighted by Crippen LogP contribution is -2.32. The van der Waals surface area contributed by atoms with Crippen LogP contribution in [0.4, 0.5) is 5.69 Å². The summed E-state index contributed by atoms with van der Waals surface area (Å²) in [4.78, 5) is 0. The van der Waals surface area contributed by atoms with Crippen LogP contribution in [0.2, 0.25) is 0 Å². The molecule has 0 bridgehead atoms. The molecule has 0 amide bonds. The molecule has 1 aromatic rings. The molecule has 2 rings (SSSR count). The molecule has 1 aliphatic rings. The third kappa shape index (κ3) is 2.77. The van der Waals surface area contributed by atoms with Gasteiger partial charge in [-0.2, -0.15) is 0 Å². The van der Waals surface area contributed by atoms with Gasteiger partial charge in [0.25, 0.3) is 0 Å². The van der Waals surface area contributed by atoms with Crippen LogP contribution in [0.25, 0.3) is 0 Å². The van der Waals surface area contributed by atoms with Crippen LogP contribution in [-0.4, -0.2) is 42.3 Å². The molecule has 1 aliphatic heterocycles. The van der Waals surface area contributed by atoms with Crippen molar-refractivity contribution in [2.24, 2.45) is 0 Å². The molecule has 3 N–H and O–H groups in total. The molecule has 0 unspecified atom stereocenters. The van der Waals surface area contributed by atoms with Crippen molar-refractivity contribution in [1.29, 1.82) is 0 Å². The smallest absolute Gasteiger partial charge is 0.155 e. The predicted molar refractivity (Wildman–Crippen MR) is 64.4 cm³/mol. The molecular weight excluding hydrogens is 242 g/mol. The van der Waals surface area contributed by atoms with E-state index < -0.39 is 22.0 Å². The minimum absolute atomic E-state index is 0.0755. The molecule has 1 heterocycles. The molecule has 0 aliphatic carbocycles. The van der Waals surface area contributed by atoms with Gasteiger partial charge in [0, 0.05) is 11.3 Å². The summed E-state index contributed by atoms with van der Waals surface area (Å²) in [6.45, 7) is -0.126. The lowest BCUT2D eigenvalue weighted by atomic mass is 10.1. The van der Waals surface area contributed by atoms with E-state index in [0.717, 1.165) is 0 Å². The van der Waals surface area contributed by atoms with Gasteiger partial charge >= 0.3 is 0 Å². The molecule has 94 valence electrons. The topological polar surface area (TPSA) is 86.6 Å².